The van der Waals surface area contributed by atoms with Crippen LogP contribution in [0, 0.1) is 0 Å². The molecule has 0 bridgehead atoms. The number of carbonyl (C=O) groups excluding carboxylic acids is 2. The van der Waals surface area contributed by atoms with Gasteiger partial charge in [0, 0.05) is 37.8 Å². The van der Waals surface area contributed by atoms with Crippen LogP contribution in [0.1, 0.15) is 41.7 Å². The molecule has 2 aliphatic heterocycles. The maximum atomic E-state index is 12.9. The normalized spacial score (nSPS) is 19.8. The van der Waals surface area contributed by atoms with Gasteiger partial charge in [-0.25, -0.2) is 9.67 Å². The molecule has 3 heterocycles. The number of carbonyl (C=O) groups is 2. The van der Waals surface area contributed by atoms with Gasteiger partial charge in [0.1, 0.15) is 12.7 Å². The van der Waals surface area contributed by atoms with Crippen molar-refractivity contribution in [3.05, 3.63) is 42.0 Å². The van der Waals surface area contributed by atoms with E-state index in [-0.39, 0.29) is 17.9 Å². The summed E-state index contributed by atoms with van der Waals surface area (Å²) in [7, 11) is 0. The average Bonchev–Trinajstić information content (AvgIpc) is 3.30. The van der Waals surface area contributed by atoms with Crippen molar-refractivity contribution in [2.45, 2.75) is 32.2 Å². The summed E-state index contributed by atoms with van der Waals surface area (Å²) >= 11 is 0. The molecule has 130 valence electrons. The van der Waals surface area contributed by atoms with Crippen molar-refractivity contribution in [2.75, 3.05) is 24.5 Å². The van der Waals surface area contributed by atoms with Crippen LogP contribution < -0.4 is 4.90 Å². The summed E-state index contributed by atoms with van der Waals surface area (Å²) in [5.41, 5.74) is 2.71. The Morgan fingerprint density at radius 3 is 2.88 bits per heavy atom. The van der Waals surface area contributed by atoms with Crippen molar-refractivity contribution in [1.82, 2.24) is 19.7 Å². The van der Waals surface area contributed by atoms with E-state index in [2.05, 4.69) is 10.1 Å². The molecule has 0 unspecified atom stereocenters. The zero-order valence-electron chi connectivity index (χ0n) is 14.3. The van der Waals surface area contributed by atoms with E-state index in [0.29, 0.717) is 18.7 Å². The first-order chi connectivity index (χ1) is 12.1. The standard InChI is InChI=1S/C18H21N5O2/c1-13(24)22-8-6-14-9-15(4-5-17(14)22)18(25)21-7-2-3-16(10-21)23-12-19-11-20-23/h4-5,9,11-12,16H,2-3,6-8,10H2,1H3/t16-/m1/s1. The molecule has 1 fully saturated rings. The third kappa shape index (κ3) is 2.90. The van der Waals surface area contributed by atoms with Gasteiger partial charge >= 0.3 is 0 Å². The first-order valence-corrected chi connectivity index (χ1v) is 8.68. The fraction of sp³-hybridized carbons (Fsp3) is 0.444. The molecule has 7 nitrogen and oxygen atoms in total. The molecular formula is C18H21N5O2. The van der Waals surface area contributed by atoms with E-state index < -0.39 is 0 Å². The number of hydrogen-bond acceptors (Lipinski definition) is 4. The zero-order chi connectivity index (χ0) is 17.4. The van der Waals surface area contributed by atoms with Crippen LogP contribution in [0.3, 0.4) is 0 Å². The summed E-state index contributed by atoms with van der Waals surface area (Å²) in [5.74, 6) is 0.0958. The summed E-state index contributed by atoms with van der Waals surface area (Å²) in [6.45, 7) is 3.69. The van der Waals surface area contributed by atoms with Crippen LogP contribution in [0.2, 0.25) is 0 Å². The quantitative estimate of drug-likeness (QED) is 0.834. The van der Waals surface area contributed by atoms with Crippen LogP contribution in [0.25, 0.3) is 0 Å². The molecule has 0 spiro atoms. The monoisotopic (exact) mass is 339 g/mol. The Morgan fingerprint density at radius 1 is 1.24 bits per heavy atom. The van der Waals surface area contributed by atoms with Gasteiger partial charge in [-0.1, -0.05) is 0 Å². The van der Waals surface area contributed by atoms with Crippen molar-refractivity contribution >= 4 is 17.5 Å². The molecule has 2 aliphatic rings. The summed E-state index contributed by atoms with van der Waals surface area (Å²) in [4.78, 5) is 32.3. The number of piperidine rings is 1. The van der Waals surface area contributed by atoms with Crippen molar-refractivity contribution < 1.29 is 9.59 Å². The van der Waals surface area contributed by atoms with Gasteiger partial charge in [-0.15, -0.1) is 0 Å². The van der Waals surface area contributed by atoms with Gasteiger partial charge in [0.25, 0.3) is 5.91 Å². The molecule has 1 saturated heterocycles. The topological polar surface area (TPSA) is 71.3 Å². The third-order valence-electron chi connectivity index (χ3n) is 5.10. The van der Waals surface area contributed by atoms with Crippen LogP contribution >= 0.6 is 0 Å². The molecule has 0 radical (unpaired) electrons. The fourth-order valence-corrected chi connectivity index (χ4v) is 3.81. The van der Waals surface area contributed by atoms with Crippen LogP contribution in [-0.2, 0) is 11.2 Å². The highest BCUT2D eigenvalue weighted by Crippen LogP contribution is 2.30. The molecule has 2 aromatic rings. The first kappa shape index (κ1) is 15.8. The maximum absolute atomic E-state index is 12.9. The van der Waals surface area contributed by atoms with Gasteiger partial charge in [0.15, 0.2) is 0 Å². The maximum Gasteiger partial charge on any atom is 0.253 e. The van der Waals surface area contributed by atoms with Gasteiger partial charge in [0.2, 0.25) is 5.91 Å². The molecule has 1 atom stereocenters. The van der Waals surface area contributed by atoms with Gasteiger partial charge in [0.05, 0.1) is 6.04 Å². The number of fused-ring (bicyclic) bond motifs is 1. The zero-order valence-corrected chi connectivity index (χ0v) is 14.3. The first-order valence-electron chi connectivity index (χ1n) is 8.68. The highest BCUT2D eigenvalue weighted by molar-refractivity contribution is 5.98. The highest BCUT2D eigenvalue weighted by atomic mass is 16.2. The number of nitrogens with zero attached hydrogens (tertiary/aromatic N) is 5. The third-order valence-corrected chi connectivity index (χ3v) is 5.10. The Balaban J connectivity index is 1.52. The van der Waals surface area contributed by atoms with E-state index in [0.717, 1.165) is 37.1 Å². The van der Waals surface area contributed by atoms with Crippen molar-refractivity contribution in [1.29, 1.82) is 0 Å². The predicted octanol–water partition coefficient (Wildman–Crippen LogP) is 1.66. The van der Waals surface area contributed by atoms with E-state index in [1.165, 1.54) is 6.33 Å². The average molecular weight is 339 g/mol. The van der Waals surface area contributed by atoms with E-state index in [4.69, 9.17) is 0 Å². The Hall–Kier alpha value is -2.70. The number of likely N-dealkylation sites (tertiary alicyclic amines) is 1. The molecule has 7 heteroatoms. The minimum absolute atomic E-state index is 0.0459. The number of aromatic nitrogens is 3. The molecule has 1 aromatic carbocycles. The number of benzene rings is 1. The van der Waals surface area contributed by atoms with E-state index in [1.54, 1.807) is 18.2 Å². The number of rotatable bonds is 2. The van der Waals surface area contributed by atoms with E-state index in [9.17, 15) is 9.59 Å². The second-order valence-corrected chi connectivity index (χ2v) is 6.69. The Morgan fingerprint density at radius 2 is 2.12 bits per heavy atom. The molecule has 4 rings (SSSR count). The summed E-state index contributed by atoms with van der Waals surface area (Å²) < 4.78 is 1.84. The Kier molecular flexibility index (Phi) is 3.99. The second-order valence-electron chi connectivity index (χ2n) is 6.69. The number of amides is 2. The van der Waals surface area contributed by atoms with Crippen molar-refractivity contribution in [2.24, 2.45) is 0 Å². The summed E-state index contributed by atoms with van der Waals surface area (Å²) in [5, 5.41) is 4.21. The fourth-order valence-electron chi connectivity index (χ4n) is 3.81. The van der Waals surface area contributed by atoms with Crippen LogP contribution in [0.4, 0.5) is 5.69 Å². The molecule has 2 amide bonds. The van der Waals surface area contributed by atoms with E-state index >= 15 is 0 Å². The molecule has 0 aliphatic carbocycles. The van der Waals surface area contributed by atoms with Gasteiger partial charge in [-0.05, 0) is 43.0 Å². The molecule has 1 aromatic heterocycles. The largest absolute Gasteiger partial charge is 0.337 e. The van der Waals surface area contributed by atoms with Crippen molar-refractivity contribution in [3.63, 3.8) is 0 Å². The van der Waals surface area contributed by atoms with Crippen LogP contribution in [0.15, 0.2) is 30.9 Å². The number of hydrogen-bond donors (Lipinski definition) is 0. The molecular weight excluding hydrogens is 318 g/mol. The lowest BCUT2D eigenvalue weighted by Gasteiger charge is -2.32. The Labute approximate surface area is 146 Å². The smallest absolute Gasteiger partial charge is 0.253 e. The van der Waals surface area contributed by atoms with Gasteiger partial charge in [-0.2, -0.15) is 5.10 Å². The minimum Gasteiger partial charge on any atom is -0.337 e. The SMILES string of the molecule is CC(=O)N1CCc2cc(C(=O)N3CCC[C@@H](n4cncn4)C3)ccc21. The van der Waals surface area contributed by atoms with E-state index in [1.807, 2.05) is 27.8 Å². The molecule has 25 heavy (non-hydrogen) atoms. The summed E-state index contributed by atoms with van der Waals surface area (Å²) in [6.07, 6.45) is 6.01. The van der Waals surface area contributed by atoms with Gasteiger partial charge in [-0.3, -0.25) is 9.59 Å². The molecule has 0 N–H and O–H groups in total. The van der Waals surface area contributed by atoms with Crippen LogP contribution in [-0.4, -0.2) is 51.1 Å². The van der Waals surface area contributed by atoms with Crippen molar-refractivity contribution in [3.8, 4) is 0 Å². The minimum atomic E-state index is 0.0459. The molecule has 0 saturated carbocycles. The lowest BCUT2D eigenvalue weighted by Crippen LogP contribution is -2.40. The lowest BCUT2D eigenvalue weighted by molar-refractivity contribution is -0.116. The predicted molar refractivity (Wildman–Crippen MR) is 92.4 cm³/mol. The lowest BCUT2D eigenvalue weighted by atomic mass is 10.0. The second kappa shape index (κ2) is 6.31. The Bertz CT molecular complexity index is 802. The van der Waals surface area contributed by atoms with Crippen LogP contribution in [0.5, 0.6) is 0 Å². The van der Waals surface area contributed by atoms with Gasteiger partial charge < -0.3 is 9.80 Å². The number of anilines is 1. The highest BCUT2D eigenvalue weighted by Gasteiger charge is 2.28. The summed E-state index contributed by atoms with van der Waals surface area (Å²) in [6, 6.07) is 5.86.